The fourth-order valence-corrected chi connectivity index (χ4v) is 4.52. The molecule has 1 aromatic rings. The molecule has 2 fully saturated rings. The number of amides is 2. The van der Waals surface area contributed by atoms with Crippen LogP contribution in [-0.2, 0) is 24.3 Å². The summed E-state index contributed by atoms with van der Waals surface area (Å²) in [5.74, 6) is -0.470. The molecule has 2 aliphatic heterocycles. The Morgan fingerprint density at radius 3 is 2.07 bits per heavy atom. The molecule has 9 nitrogen and oxygen atoms in total. The molecule has 3 rings (SSSR count). The van der Waals surface area contributed by atoms with Gasteiger partial charge in [-0.25, -0.2) is 8.42 Å². The molecule has 0 aliphatic carbocycles. The number of sulfonamides is 1. The highest BCUT2D eigenvalue weighted by atomic mass is 32.2. The fourth-order valence-electron chi connectivity index (χ4n) is 3.11. The molecule has 0 N–H and O–H groups in total. The second-order valence-corrected chi connectivity index (χ2v) is 8.63. The maximum Gasteiger partial charge on any atom is 0.254 e. The molecule has 0 saturated carbocycles. The Bertz CT molecular complexity index is 799. The highest BCUT2D eigenvalue weighted by molar-refractivity contribution is 7.89. The first-order valence-electron chi connectivity index (χ1n) is 9.18. The molecule has 0 aromatic heterocycles. The number of likely N-dealkylation sites (N-methyl/N-ethyl adjacent to an activating group) is 1. The Hall–Kier alpha value is -2.01. The lowest BCUT2D eigenvalue weighted by molar-refractivity contribution is -0.135. The van der Waals surface area contributed by atoms with Gasteiger partial charge in [0.15, 0.2) is 0 Å². The standard InChI is InChI=1S/C18H25N3O6S/c1-19(14-17(22)20-6-10-26-11-7-20)18(23)15-2-4-16(5-3-15)28(24,25)21-8-12-27-13-9-21/h2-5H,6-14H2,1H3. The molecule has 2 saturated heterocycles. The van der Waals surface area contributed by atoms with Crippen LogP contribution in [0.1, 0.15) is 10.4 Å². The van der Waals surface area contributed by atoms with Crippen molar-refractivity contribution in [3.63, 3.8) is 0 Å². The molecule has 1 aromatic carbocycles. The van der Waals surface area contributed by atoms with Gasteiger partial charge in [0.25, 0.3) is 5.91 Å². The summed E-state index contributed by atoms with van der Waals surface area (Å²) in [6, 6.07) is 5.81. The number of carbonyl (C=O) groups is 2. The van der Waals surface area contributed by atoms with Crippen molar-refractivity contribution in [2.24, 2.45) is 0 Å². The van der Waals surface area contributed by atoms with Gasteiger partial charge in [-0.15, -0.1) is 0 Å². The minimum absolute atomic E-state index is 0.0351. The molecule has 154 valence electrons. The average molecular weight is 411 g/mol. The van der Waals surface area contributed by atoms with Crippen molar-refractivity contribution < 1.29 is 27.5 Å². The van der Waals surface area contributed by atoms with Gasteiger partial charge in [-0.3, -0.25) is 9.59 Å². The van der Waals surface area contributed by atoms with Crippen molar-refractivity contribution in [2.45, 2.75) is 4.90 Å². The summed E-state index contributed by atoms with van der Waals surface area (Å²) in [7, 11) is -2.05. The molecule has 0 atom stereocenters. The van der Waals surface area contributed by atoms with Crippen molar-refractivity contribution in [1.29, 1.82) is 0 Å². The van der Waals surface area contributed by atoms with Gasteiger partial charge in [-0.1, -0.05) is 0 Å². The van der Waals surface area contributed by atoms with Crippen LogP contribution in [0.3, 0.4) is 0 Å². The Labute approximate surface area is 164 Å². The summed E-state index contributed by atoms with van der Waals surface area (Å²) in [4.78, 5) is 28.0. The Morgan fingerprint density at radius 2 is 1.50 bits per heavy atom. The van der Waals surface area contributed by atoms with Gasteiger partial charge >= 0.3 is 0 Å². The molecule has 0 radical (unpaired) electrons. The summed E-state index contributed by atoms with van der Waals surface area (Å²) >= 11 is 0. The number of nitrogens with zero attached hydrogens (tertiary/aromatic N) is 3. The third-order valence-corrected chi connectivity index (χ3v) is 6.70. The highest BCUT2D eigenvalue weighted by Gasteiger charge is 2.27. The van der Waals surface area contributed by atoms with E-state index < -0.39 is 10.0 Å². The monoisotopic (exact) mass is 411 g/mol. The third kappa shape index (κ3) is 4.69. The predicted molar refractivity (Wildman–Crippen MR) is 100 cm³/mol. The van der Waals surface area contributed by atoms with Gasteiger partial charge in [-0.05, 0) is 24.3 Å². The van der Waals surface area contributed by atoms with Crippen LogP contribution >= 0.6 is 0 Å². The summed E-state index contributed by atoms with van der Waals surface area (Å²) < 4.78 is 37.1. The van der Waals surface area contributed by atoms with E-state index >= 15 is 0 Å². The van der Waals surface area contributed by atoms with E-state index in [9.17, 15) is 18.0 Å². The summed E-state index contributed by atoms with van der Waals surface area (Å²) in [6.45, 7) is 3.39. The van der Waals surface area contributed by atoms with E-state index in [1.807, 2.05) is 0 Å². The van der Waals surface area contributed by atoms with Crippen molar-refractivity contribution in [3.05, 3.63) is 29.8 Å². The van der Waals surface area contributed by atoms with Crippen molar-refractivity contribution in [1.82, 2.24) is 14.1 Å². The van der Waals surface area contributed by atoms with Crippen LogP contribution in [0.4, 0.5) is 0 Å². The molecule has 0 spiro atoms. The van der Waals surface area contributed by atoms with Gasteiger partial charge in [0.05, 0.1) is 37.9 Å². The van der Waals surface area contributed by atoms with Crippen LogP contribution in [0.5, 0.6) is 0 Å². The van der Waals surface area contributed by atoms with Crippen LogP contribution in [0.2, 0.25) is 0 Å². The first-order valence-corrected chi connectivity index (χ1v) is 10.6. The Morgan fingerprint density at radius 1 is 0.964 bits per heavy atom. The second kappa shape index (κ2) is 8.99. The second-order valence-electron chi connectivity index (χ2n) is 6.70. The minimum Gasteiger partial charge on any atom is -0.379 e. The number of hydrogen-bond donors (Lipinski definition) is 0. The first-order chi connectivity index (χ1) is 13.4. The molecule has 0 bridgehead atoms. The molecule has 2 aliphatic rings. The van der Waals surface area contributed by atoms with Crippen LogP contribution < -0.4 is 0 Å². The normalized spacial score (nSPS) is 18.7. The number of hydrogen-bond acceptors (Lipinski definition) is 6. The summed E-state index contributed by atoms with van der Waals surface area (Å²) in [6.07, 6.45) is 0. The lowest BCUT2D eigenvalue weighted by Gasteiger charge is -2.28. The topological polar surface area (TPSA) is 96.5 Å². The minimum atomic E-state index is -3.60. The van der Waals surface area contributed by atoms with Crippen molar-refractivity contribution in [2.75, 3.05) is 66.2 Å². The molecule has 0 unspecified atom stereocenters. The number of ether oxygens (including phenoxy) is 2. The van der Waals surface area contributed by atoms with Gasteiger partial charge in [0.1, 0.15) is 0 Å². The van der Waals surface area contributed by atoms with Crippen LogP contribution in [0, 0.1) is 0 Å². The highest BCUT2D eigenvalue weighted by Crippen LogP contribution is 2.18. The quantitative estimate of drug-likeness (QED) is 0.657. The zero-order valence-electron chi connectivity index (χ0n) is 15.9. The lowest BCUT2D eigenvalue weighted by atomic mass is 10.2. The van der Waals surface area contributed by atoms with E-state index in [0.29, 0.717) is 58.2 Å². The van der Waals surface area contributed by atoms with E-state index in [2.05, 4.69) is 0 Å². The summed E-state index contributed by atoms with van der Waals surface area (Å²) in [5.41, 5.74) is 0.332. The Kier molecular flexibility index (Phi) is 6.65. The van der Waals surface area contributed by atoms with E-state index in [4.69, 9.17) is 9.47 Å². The molecule has 2 heterocycles. The smallest absolute Gasteiger partial charge is 0.254 e. The lowest BCUT2D eigenvalue weighted by Crippen LogP contribution is -2.46. The van der Waals surface area contributed by atoms with Crippen molar-refractivity contribution >= 4 is 21.8 Å². The zero-order chi connectivity index (χ0) is 20.1. The first kappa shape index (κ1) is 20.7. The Balaban J connectivity index is 1.63. The molecular weight excluding hydrogens is 386 g/mol. The largest absolute Gasteiger partial charge is 0.379 e. The van der Waals surface area contributed by atoms with E-state index in [1.54, 1.807) is 11.9 Å². The third-order valence-electron chi connectivity index (χ3n) is 4.79. The molecule has 28 heavy (non-hydrogen) atoms. The van der Waals surface area contributed by atoms with Gasteiger partial charge < -0.3 is 19.3 Å². The van der Waals surface area contributed by atoms with E-state index in [1.165, 1.54) is 33.5 Å². The molecule has 2 amide bonds. The predicted octanol–water partition coefficient (Wildman–Crippen LogP) is -0.362. The van der Waals surface area contributed by atoms with Gasteiger partial charge in [0, 0.05) is 38.8 Å². The van der Waals surface area contributed by atoms with Gasteiger partial charge in [0.2, 0.25) is 15.9 Å². The maximum absolute atomic E-state index is 12.6. The number of rotatable bonds is 5. The number of carbonyl (C=O) groups excluding carboxylic acids is 2. The van der Waals surface area contributed by atoms with Crippen LogP contribution in [-0.4, -0.2) is 101 Å². The van der Waals surface area contributed by atoms with E-state index in [0.717, 1.165) is 0 Å². The van der Waals surface area contributed by atoms with Crippen LogP contribution in [0.25, 0.3) is 0 Å². The average Bonchev–Trinajstić information content (AvgIpc) is 2.74. The van der Waals surface area contributed by atoms with E-state index in [-0.39, 0.29) is 23.3 Å². The molecular formula is C18H25N3O6S. The van der Waals surface area contributed by atoms with Crippen molar-refractivity contribution in [3.8, 4) is 0 Å². The van der Waals surface area contributed by atoms with Gasteiger partial charge in [-0.2, -0.15) is 4.31 Å². The number of benzene rings is 1. The SMILES string of the molecule is CN(CC(=O)N1CCOCC1)C(=O)c1ccc(S(=O)(=O)N2CCOCC2)cc1. The van der Waals surface area contributed by atoms with Crippen LogP contribution in [0.15, 0.2) is 29.2 Å². The zero-order valence-corrected chi connectivity index (χ0v) is 16.7. The maximum atomic E-state index is 12.6. The number of morpholine rings is 2. The summed E-state index contributed by atoms with van der Waals surface area (Å²) in [5, 5.41) is 0. The fraction of sp³-hybridized carbons (Fsp3) is 0.556. The molecule has 10 heteroatoms.